The van der Waals surface area contributed by atoms with Gasteiger partial charge in [0.05, 0.1) is 35.6 Å². The lowest BCUT2D eigenvalue weighted by atomic mass is 10.1. The molecule has 1 aromatic rings. The molecule has 3 rings (SSSR count). The molecule has 0 aromatic heterocycles. The van der Waals surface area contributed by atoms with E-state index in [9.17, 15) is 28.8 Å². The number of Topliss-reactive ketones (excluding diaryl/α,β-unsaturated/α-hetero) is 1. The van der Waals surface area contributed by atoms with E-state index in [0.29, 0.717) is 17.5 Å². The average molecular weight is 551 g/mol. The number of carbonyl (C=O) groups excluding carboxylic acids is 6. The molecule has 200 valence electrons. The molecule has 13 heteroatoms. The molecule has 2 heterocycles. The Bertz CT molecular complexity index is 1060. The molecule has 1 fully saturated rings. The molecule has 0 saturated carbocycles. The van der Waals surface area contributed by atoms with Crippen LogP contribution in [0, 0.1) is 0 Å². The van der Waals surface area contributed by atoms with Gasteiger partial charge in [0.25, 0.3) is 11.8 Å². The maximum absolute atomic E-state index is 13.3. The molecule has 1 saturated heterocycles. The largest absolute Gasteiger partial charge is 0.367 e. The number of hydrogen-bond acceptors (Lipinski definition) is 10. The van der Waals surface area contributed by atoms with Crippen LogP contribution in [0.25, 0.3) is 0 Å². The van der Waals surface area contributed by atoms with E-state index in [-0.39, 0.29) is 61.1 Å². The number of rotatable bonds is 9. The SMILES string of the molecule is CC(=O)S[C@@H](CCCN1C(=O)c2ccccc2C1=O)C(=O)C1CN(C(=O)N(C)C(=O)C(N)CS)CCO1. The molecule has 11 nitrogen and oxygen atoms in total. The predicted octanol–water partition coefficient (Wildman–Crippen LogP) is 0.817. The van der Waals surface area contributed by atoms with E-state index in [1.807, 2.05) is 0 Å². The number of nitrogens with zero attached hydrogens (tertiary/aromatic N) is 3. The first-order valence-corrected chi connectivity index (χ1v) is 13.3. The van der Waals surface area contributed by atoms with Crippen molar-refractivity contribution in [3.05, 3.63) is 35.4 Å². The molecule has 0 spiro atoms. The van der Waals surface area contributed by atoms with Crippen LogP contribution in [-0.4, -0.2) is 106 Å². The molecule has 5 amide bonds. The van der Waals surface area contributed by atoms with Crippen molar-refractivity contribution in [1.29, 1.82) is 0 Å². The molecule has 2 aliphatic heterocycles. The van der Waals surface area contributed by atoms with E-state index in [0.717, 1.165) is 21.6 Å². The van der Waals surface area contributed by atoms with Crippen molar-refractivity contribution in [3.8, 4) is 0 Å². The van der Waals surface area contributed by atoms with Crippen LogP contribution in [-0.2, 0) is 19.1 Å². The molecule has 37 heavy (non-hydrogen) atoms. The third-order valence-electron chi connectivity index (χ3n) is 6.14. The maximum atomic E-state index is 13.3. The number of fused-ring (bicyclic) bond motifs is 1. The summed E-state index contributed by atoms with van der Waals surface area (Å²) >= 11 is 4.83. The summed E-state index contributed by atoms with van der Waals surface area (Å²) in [4.78, 5) is 78.8. The van der Waals surface area contributed by atoms with Gasteiger partial charge in [-0.1, -0.05) is 23.9 Å². The van der Waals surface area contributed by atoms with Gasteiger partial charge >= 0.3 is 6.03 Å². The summed E-state index contributed by atoms with van der Waals surface area (Å²) < 4.78 is 5.62. The fourth-order valence-corrected chi connectivity index (χ4v) is 5.28. The number of carbonyl (C=O) groups is 6. The highest BCUT2D eigenvalue weighted by Crippen LogP contribution is 2.26. The minimum atomic E-state index is -0.990. The van der Waals surface area contributed by atoms with Crippen molar-refractivity contribution in [2.45, 2.75) is 37.2 Å². The highest BCUT2D eigenvalue weighted by Gasteiger charge is 2.38. The van der Waals surface area contributed by atoms with Crippen LogP contribution in [0.1, 0.15) is 40.5 Å². The first-order valence-electron chi connectivity index (χ1n) is 11.8. The molecule has 1 aromatic carbocycles. The standard InChI is InChI=1S/C24H30N4O7S2/c1-14(29)37-19(8-5-9-28-21(31)15-6-3-4-7-16(15)22(28)32)20(30)18-12-27(10-11-35-18)24(34)26(2)23(33)17(25)13-36/h3-4,6-7,17-19,36H,5,8-13,25H2,1-2H3/t17?,18?,19-/m0/s1. The number of amides is 5. The fraction of sp³-hybridized carbons (Fsp3) is 0.500. The van der Waals surface area contributed by atoms with Gasteiger partial charge in [-0.05, 0) is 25.0 Å². The van der Waals surface area contributed by atoms with Crippen molar-refractivity contribution >= 4 is 59.0 Å². The number of likely N-dealkylation sites (N-methyl/N-ethyl adjacent to an activating group) is 1. The molecule has 2 N–H and O–H groups in total. The number of benzene rings is 1. The van der Waals surface area contributed by atoms with Gasteiger partial charge in [-0.2, -0.15) is 12.6 Å². The molecular weight excluding hydrogens is 520 g/mol. The molecule has 0 bridgehead atoms. The summed E-state index contributed by atoms with van der Waals surface area (Å²) in [5.74, 6) is -1.66. The van der Waals surface area contributed by atoms with Crippen molar-refractivity contribution < 1.29 is 33.5 Å². The highest BCUT2D eigenvalue weighted by atomic mass is 32.2. The Hall–Kier alpha value is -2.74. The summed E-state index contributed by atoms with van der Waals surface area (Å²) in [6, 6.07) is 5.02. The second-order valence-corrected chi connectivity index (χ2v) is 10.5. The third-order valence-corrected chi connectivity index (χ3v) is 7.62. The van der Waals surface area contributed by atoms with Gasteiger partial charge in [-0.15, -0.1) is 0 Å². The minimum absolute atomic E-state index is 0.0747. The van der Waals surface area contributed by atoms with E-state index in [1.165, 1.54) is 18.9 Å². The Morgan fingerprint density at radius 3 is 2.38 bits per heavy atom. The summed E-state index contributed by atoms with van der Waals surface area (Å²) in [5.41, 5.74) is 6.37. The smallest absolute Gasteiger partial charge is 0.326 e. The van der Waals surface area contributed by atoms with E-state index in [1.54, 1.807) is 24.3 Å². The van der Waals surface area contributed by atoms with Gasteiger partial charge < -0.3 is 15.4 Å². The lowest BCUT2D eigenvalue weighted by molar-refractivity contribution is -0.135. The fourth-order valence-electron chi connectivity index (χ4n) is 4.17. The number of ketones is 1. The Balaban J connectivity index is 1.61. The Labute approximate surface area is 224 Å². The van der Waals surface area contributed by atoms with Crippen molar-refractivity contribution in [3.63, 3.8) is 0 Å². The number of ether oxygens (including phenoxy) is 1. The molecule has 2 unspecified atom stereocenters. The van der Waals surface area contributed by atoms with Crippen LogP contribution < -0.4 is 5.73 Å². The lowest BCUT2D eigenvalue weighted by Crippen LogP contribution is -2.56. The molecule has 3 atom stereocenters. The van der Waals surface area contributed by atoms with E-state index >= 15 is 0 Å². The first kappa shape index (κ1) is 28.8. The monoisotopic (exact) mass is 550 g/mol. The number of hydrogen-bond donors (Lipinski definition) is 2. The summed E-state index contributed by atoms with van der Waals surface area (Å²) in [5, 5.41) is -1.06. The number of thiol groups is 1. The van der Waals surface area contributed by atoms with Gasteiger partial charge in [-0.25, -0.2) is 4.79 Å². The zero-order valence-corrected chi connectivity index (χ0v) is 22.3. The minimum Gasteiger partial charge on any atom is -0.367 e. The lowest BCUT2D eigenvalue weighted by Gasteiger charge is -2.35. The second-order valence-electron chi connectivity index (χ2n) is 8.72. The number of imide groups is 2. The average Bonchev–Trinajstić information content (AvgIpc) is 3.15. The van der Waals surface area contributed by atoms with Gasteiger partial charge in [0.1, 0.15) is 6.10 Å². The number of thioether (sulfide) groups is 1. The van der Waals surface area contributed by atoms with Crippen LogP contribution >= 0.6 is 24.4 Å². The van der Waals surface area contributed by atoms with E-state index in [4.69, 9.17) is 10.5 Å². The molecule has 0 aliphatic carbocycles. The number of morpholine rings is 1. The van der Waals surface area contributed by atoms with E-state index in [2.05, 4.69) is 12.6 Å². The predicted molar refractivity (Wildman–Crippen MR) is 139 cm³/mol. The highest BCUT2D eigenvalue weighted by molar-refractivity contribution is 8.14. The Morgan fingerprint density at radius 1 is 1.19 bits per heavy atom. The van der Waals surface area contributed by atoms with Crippen LogP contribution in [0.5, 0.6) is 0 Å². The topological polar surface area (TPSA) is 147 Å². The number of nitrogens with two attached hydrogens (primary N) is 1. The van der Waals surface area contributed by atoms with Crippen LogP contribution in [0.3, 0.4) is 0 Å². The quantitative estimate of drug-likeness (QED) is 0.337. The van der Waals surface area contributed by atoms with Crippen LogP contribution in [0.2, 0.25) is 0 Å². The summed E-state index contributed by atoms with van der Waals surface area (Å²) in [6.45, 7) is 1.62. The molecule has 0 radical (unpaired) electrons. The Morgan fingerprint density at radius 2 is 1.81 bits per heavy atom. The first-order chi connectivity index (χ1) is 17.6. The normalized spacial score (nSPS) is 18.9. The van der Waals surface area contributed by atoms with Gasteiger partial charge in [0.2, 0.25) is 5.91 Å². The van der Waals surface area contributed by atoms with Crippen LogP contribution in [0.4, 0.5) is 4.79 Å². The van der Waals surface area contributed by atoms with E-state index < -0.39 is 29.3 Å². The summed E-state index contributed by atoms with van der Waals surface area (Å²) in [7, 11) is 1.31. The van der Waals surface area contributed by atoms with Crippen LogP contribution in [0.15, 0.2) is 24.3 Å². The molecular formula is C24H30N4O7S2. The second kappa shape index (κ2) is 12.7. The zero-order valence-electron chi connectivity index (χ0n) is 20.6. The molecule has 2 aliphatic rings. The van der Waals surface area contributed by atoms with Crippen molar-refractivity contribution in [2.24, 2.45) is 5.73 Å². The summed E-state index contributed by atoms with van der Waals surface area (Å²) in [6.07, 6.45) is -0.466. The zero-order chi connectivity index (χ0) is 27.3. The van der Waals surface area contributed by atoms with Crippen molar-refractivity contribution in [2.75, 3.05) is 39.0 Å². The van der Waals surface area contributed by atoms with Gasteiger partial charge in [0.15, 0.2) is 10.9 Å². The third kappa shape index (κ3) is 6.58. The number of urea groups is 1. The van der Waals surface area contributed by atoms with Crippen molar-refractivity contribution in [1.82, 2.24) is 14.7 Å². The van der Waals surface area contributed by atoms with Gasteiger partial charge in [-0.3, -0.25) is 33.8 Å². The maximum Gasteiger partial charge on any atom is 0.326 e. The Kier molecular flexibility index (Phi) is 9.87. The van der Waals surface area contributed by atoms with Gasteiger partial charge in [0, 0.05) is 32.8 Å².